The summed E-state index contributed by atoms with van der Waals surface area (Å²) < 4.78 is 7.45. The summed E-state index contributed by atoms with van der Waals surface area (Å²) in [6, 6.07) is 11.8. The van der Waals surface area contributed by atoms with E-state index in [1.807, 2.05) is 43.3 Å². The van der Waals surface area contributed by atoms with Crippen LogP contribution in [0, 0.1) is 14.1 Å². The molecule has 0 aromatic heterocycles. The third kappa shape index (κ3) is 5.62. The molecule has 126 valence electrons. The Kier molecular flexibility index (Phi) is 7.28. The van der Waals surface area contributed by atoms with Crippen LogP contribution in [0.25, 0.3) is 0 Å². The molecule has 0 saturated heterocycles. The van der Waals surface area contributed by atoms with Gasteiger partial charge in [0.2, 0.25) is 0 Å². The Hall–Kier alpha value is -1.36. The van der Waals surface area contributed by atoms with Crippen LogP contribution in [0.3, 0.4) is 0 Å². The standard InChI is InChI=1S/C17H17I2N3O2/c1-11-3-5-14(6-4-11)20-10-16(23)22-21-9-12-7-13(18)8-15(19)17(12)24-2/h3-9,20H,10H2,1-2H3,(H,22,23)/b21-9-. The second-order valence-electron chi connectivity index (χ2n) is 5.02. The van der Waals surface area contributed by atoms with Gasteiger partial charge in [0.05, 0.1) is 23.4 Å². The lowest BCUT2D eigenvalue weighted by molar-refractivity contribution is -0.119. The first-order chi connectivity index (χ1) is 11.5. The molecule has 1 amide bonds. The number of aryl methyl sites for hydroxylation is 1. The number of hydrogen-bond acceptors (Lipinski definition) is 4. The molecule has 5 nitrogen and oxygen atoms in total. The third-order valence-corrected chi connectivity index (χ3v) is 4.56. The number of carbonyl (C=O) groups is 1. The van der Waals surface area contributed by atoms with Gasteiger partial charge in [-0.15, -0.1) is 0 Å². The van der Waals surface area contributed by atoms with Crippen molar-refractivity contribution in [3.8, 4) is 5.75 Å². The Bertz CT molecular complexity index is 746. The zero-order chi connectivity index (χ0) is 17.5. The topological polar surface area (TPSA) is 62.7 Å². The molecule has 0 fully saturated rings. The highest BCUT2D eigenvalue weighted by molar-refractivity contribution is 14.1. The molecule has 2 rings (SSSR count). The van der Waals surface area contributed by atoms with Gasteiger partial charge in [-0.1, -0.05) is 17.7 Å². The van der Waals surface area contributed by atoms with Crippen LogP contribution in [0.2, 0.25) is 0 Å². The molecule has 2 N–H and O–H groups in total. The molecular weight excluding hydrogens is 532 g/mol. The number of ether oxygens (including phenoxy) is 1. The number of carbonyl (C=O) groups excluding carboxylic acids is 1. The van der Waals surface area contributed by atoms with E-state index >= 15 is 0 Å². The summed E-state index contributed by atoms with van der Waals surface area (Å²) in [6.45, 7) is 2.17. The van der Waals surface area contributed by atoms with E-state index in [1.54, 1.807) is 13.3 Å². The van der Waals surface area contributed by atoms with Crippen molar-refractivity contribution in [2.45, 2.75) is 6.92 Å². The van der Waals surface area contributed by atoms with E-state index in [4.69, 9.17) is 4.74 Å². The summed E-state index contributed by atoms with van der Waals surface area (Å²) in [5.74, 6) is 0.526. The van der Waals surface area contributed by atoms with Crippen LogP contribution in [0.1, 0.15) is 11.1 Å². The number of hydrogen-bond donors (Lipinski definition) is 2. The van der Waals surface area contributed by atoms with E-state index in [-0.39, 0.29) is 12.5 Å². The van der Waals surface area contributed by atoms with Crippen molar-refractivity contribution in [1.82, 2.24) is 5.43 Å². The van der Waals surface area contributed by atoms with Crippen molar-refractivity contribution in [2.75, 3.05) is 19.0 Å². The van der Waals surface area contributed by atoms with E-state index in [1.165, 1.54) is 5.56 Å². The highest BCUT2D eigenvalue weighted by Crippen LogP contribution is 2.26. The van der Waals surface area contributed by atoms with E-state index in [0.29, 0.717) is 0 Å². The summed E-state index contributed by atoms with van der Waals surface area (Å²) in [5.41, 5.74) is 5.40. The van der Waals surface area contributed by atoms with Crippen LogP contribution in [0.15, 0.2) is 41.5 Å². The summed E-state index contributed by atoms with van der Waals surface area (Å²) in [6.07, 6.45) is 1.59. The molecule has 0 heterocycles. The fraction of sp³-hybridized carbons (Fsp3) is 0.176. The maximum Gasteiger partial charge on any atom is 0.259 e. The predicted octanol–water partition coefficient (Wildman–Crippen LogP) is 3.78. The number of hydrazone groups is 1. The average Bonchev–Trinajstić information content (AvgIpc) is 2.54. The Morgan fingerprint density at radius 1 is 1.25 bits per heavy atom. The SMILES string of the molecule is COc1c(I)cc(I)cc1/C=N\NC(=O)CNc1ccc(C)cc1. The molecule has 2 aromatic carbocycles. The van der Waals surface area contributed by atoms with Crippen LogP contribution in [-0.4, -0.2) is 25.8 Å². The lowest BCUT2D eigenvalue weighted by Crippen LogP contribution is -2.25. The van der Waals surface area contributed by atoms with Gasteiger partial charge in [-0.3, -0.25) is 4.79 Å². The highest BCUT2D eigenvalue weighted by Gasteiger charge is 2.07. The van der Waals surface area contributed by atoms with E-state index < -0.39 is 0 Å². The number of nitrogens with zero attached hydrogens (tertiary/aromatic N) is 1. The minimum atomic E-state index is -0.217. The van der Waals surface area contributed by atoms with Crippen molar-refractivity contribution in [1.29, 1.82) is 0 Å². The molecule has 0 aliphatic carbocycles. The largest absolute Gasteiger partial charge is 0.495 e. The number of methoxy groups -OCH3 is 1. The Morgan fingerprint density at radius 3 is 2.62 bits per heavy atom. The fourth-order valence-electron chi connectivity index (χ4n) is 1.96. The second-order valence-corrected chi connectivity index (χ2v) is 7.43. The van der Waals surface area contributed by atoms with Gasteiger partial charge < -0.3 is 10.1 Å². The minimum Gasteiger partial charge on any atom is -0.495 e. The van der Waals surface area contributed by atoms with Gasteiger partial charge >= 0.3 is 0 Å². The first-order valence-electron chi connectivity index (χ1n) is 7.15. The number of amides is 1. The number of nitrogens with one attached hydrogen (secondary N) is 2. The van der Waals surface area contributed by atoms with Gasteiger partial charge in [-0.25, -0.2) is 5.43 Å². The van der Waals surface area contributed by atoms with Gasteiger partial charge in [-0.05, 0) is 76.4 Å². The van der Waals surface area contributed by atoms with Crippen LogP contribution in [0.4, 0.5) is 5.69 Å². The molecule has 0 spiro atoms. The molecule has 0 atom stereocenters. The normalized spacial score (nSPS) is 10.7. The molecule has 24 heavy (non-hydrogen) atoms. The van der Waals surface area contributed by atoms with Gasteiger partial charge in [0.1, 0.15) is 5.75 Å². The Morgan fingerprint density at radius 2 is 1.96 bits per heavy atom. The second kappa shape index (κ2) is 9.21. The number of rotatable bonds is 6. The zero-order valence-corrected chi connectivity index (χ0v) is 17.6. The molecule has 0 aliphatic heterocycles. The molecule has 0 saturated carbocycles. The van der Waals surface area contributed by atoms with Crippen molar-refractivity contribution in [3.05, 3.63) is 54.7 Å². The maximum absolute atomic E-state index is 11.8. The lowest BCUT2D eigenvalue weighted by Gasteiger charge is -2.08. The number of benzene rings is 2. The fourth-order valence-corrected chi connectivity index (χ4v) is 4.07. The van der Waals surface area contributed by atoms with Crippen molar-refractivity contribution >= 4 is 63.0 Å². The first kappa shape index (κ1) is 19.0. The number of anilines is 1. The number of halogens is 2. The molecule has 0 bridgehead atoms. The van der Waals surface area contributed by atoms with Crippen LogP contribution < -0.4 is 15.5 Å². The van der Waals surface area contributed by atoms with Gasteiger partial charge in [0.15, 0.2) is 0 Å². The van der Waals surface area contributed by atoms with Gasteiger partial charge in [0, 0.05) is 14.8 Å². The van der Waals surface area contributed by atoms with E-state index in [9.17, 15) is 4.79 Å². The smallest absolute Gasteiger partial charge is 0.259 e. The van der Waals surface area contributed by atoms with Crippen LogP contribution in [-0.2, 0) is 4.79 Å². The van der Waals surface area contributed by atoms with Crippen molar-refractivity contribution < 1.29 is 9.53 Å². The Balaban J connectivity index is 1.91. The monoisotopic (exact) mass is 549 g/mol. The molecule has 7 heteroatoms. The van der Waals surface area contributed by atoms with Crippen molar-refractivity contribution in [3.63, 3.8) is 0 Å². The molecular formula is C17H17I2N3O2. The van der Waals surface area contributed by atoms with Gasteiger partial charge in [-0.2, -0.15) is 5.10 Å². The predicted molar refractivity (Wildman–Crippen MR) is 114 cm³/mol. The maximum atomic E-state index is 11.8. The molecule has 0 unspecified atom stereocenters. The zero-order valence-electron chi connectivity index (χ0n) is 13.3. The molecule has 2 aromatic rings. The van der Waals surface area contributed by atoms with E-state index in [0.717, 1.165) is 24.1 Å². The molecule has 0 radical (unpaired) electrons. The summed E-state index contributed by atoms with van der Waals surface area (Å²) in [7, 11) is 1.62. The van der Waals surface area contributed by atoms with Gasteiger partial charge in [0.25, 0.3) is 5.91 Å². The highest BCUT2D eigenvalue weighted by atomic mass is 127. The molecule has 0 aliphatic rings. The quantitative estimate of drug-likeness (QED) is 0.328. The Labute approximate surface area is 168 Å². The van der Waals surface area contributed by atoms with E-state index in [2.05, 4.69) is 61.0 Å². The van der Waals surface area contributed by atoms with Crippen LogP contribution in [0.5, 0.6) is 5.75 Å². The van der Waals surface area contributed by atoms with Crippen LogP contribution >= 0.6 is 45.2 Å². The minimum absolute atomic E-state index is 0.154. The van der Waals surface area contributed by atoms with Crippen molar-refractivity contribution in [2.24, 2.45) is 5.10 Å². The first-order valence-corrected chi connectivity index (χ1v) is 9.31. The average molecular weight is 549 g/mol. The lowest BCUT2D eigenvalue weighted by atomic mass is 10.2. The summed E-state index contributed by atoms with van der Waals surface area (Å²) in [5, 5.41) is 7.06. The summed E-state index contributed by atoms with van der Waals surface area (Å²) in [4.78, 5) is 11.8. The summed E-state index contributed by atoms with van der Waals surface area (Å²) >= 11 is 4.44. The third-order valence-electron chi connectivity index (χ3n) is 3.14.